The molecule has 0 amide bonds. The van der Waals surface area contributed by atoms with E-state index in [0.717, 1.165) is 16.7 Å². The van der Waals surface area contributed by atoms with Gasteiger partial charge in [0.15, 0.2) is 11.4 Å². The monoisotopic (exact) mass is 235 g/mol. The van der Waals surface area contributed by atoms with Crippen LogP contribution in [0.5, 0.6) is 0 Å². The lowest BCUT2D eigenvalue weighted by molar-refractivity contribution is 0.473. The Balaban J connectivity index is 2.45. The molecule has 0 saturated heterocycles. The lowest BCUT2D eigenvalue weighted by Gasteiger charge is -2.05. The van der Waals surface area contributed by atoms with Crippen molar-refractivity contribution in [3.63, 3.8) is 0 Å². The first-order valence-corrected chi connectivity index (χ1v) is 5.91. The zero-order chi connectivity index (χ0) is 12.6. The predicted octanol–water partition coefficient (Wildman–Crippen LogP) is 3.69. The van der Waals surface area contributed by atoms with Crippen molar-refractivity contribution < 1.29 is 8.81 Å². The number of hydrogen-bond donors (Lipinski definition) is 1. The Hall–Kier alpha value is -1.35. The van der Waals surface area contributed by atoms with Gasteiger partial charge in [0.25, 0.3) is 0 Å². The quantitative estimate of drug-likeness (QED) is 0.877. The number of rotatable bonds is 3. The van der Waals surface area contributed by atoms with Crippen molar-refractivity contribution in [3.05, 3.63) is 34.8 Å². The minimum Gasteiger partial charge on any atom is -0.456 e. The Morgan fingerprint density at radius 3 is 2.65 bits per heavy atom. The maximum atomic E-state index is 13.9. The van der Waals surface area contributed by atoms with Crippen molar-refractivity contribution >= 4 is 11.0 Å². The highest BCUT2D eigenvalue weighted by Crippen LogP contribution is 2.28. The van der Waals surface area contributed by atoms with Gasteiger partial charge in [0.1, 0.15) is 5.76 Å². The van der Waals surface area contributed by atoms with E-state index in [-0.39, 0.29) is 5.82 Å². The molecule has 17 heavy (non-hydrogen) atoms. The molecule has 0 bridgehead atoms. The zero-order valence-corrected chi connectivity index (χ0v) is 10.7. The number of nitrogens with one attached hydrogen (secondary N) is 1. The molecule has 0 aliphatic carbocycles. The van der Waals surface area contributed by atoms with Crippen LogP contribution in [-0.2, 0) is 6.54 Å². The van der Waals surface area contributed by atoms with Crippen molar-refractivity contribution in [2.24, 2.45) is 0 Å². The molecule has 0 aliphatic heterocycles. The van der Waals surface area contributed by atoms with Crippen molar-refractivity contribution in [3.8, 4) is 0 Å². The van der Waals surface area contributed by atoms with Gasteiger partial charge in [0.2, 0.25) is 0 Å². The highest BCUT2D eigenvalue weighted by molar-refractivity contribution is 5.83. The van der Waals surface area contributed by atoms with E-state index < -0.39 is 0 Å². The number of hydrogen-bond acceptors (Lipinski definition) is 2. The number of halogens is 1. The van der Waals surface area contributed by atoms with Gasteiger partial charge in [-0.25, -0.2) is 4.39 Å². The third-order valence-corrected chi connectivity index (χ3v) is 3.01. The minimum absolute atomic E-state index is 0.249. The highest BCUT2D eigenvalue weighted by Gasteiger charge is 2.15. The first-order valence-electron chi connectivity index (χ1n) is 5.91. The SMILES string of the molecule is Cc1ccc2c(C)c(CNC(C)C)oc2c1F. The molecule has 2 nitrogen and oxygen atoms in total. The first-order chi connectivity index (χ1) is 8.00. The topological polar surface area (TPSA) is 25.2 Å². The summed E-state index contributed by atoms with van der Waals surface area (Å²) in [6.07, 6.45) is 0. The number of fused-ring (bicyclic) bond motifs is 1. The first kappa shape index (κ1) is 12.1. The molecule has 0 saturated carbocycles. The number of furan rings is 1. The summed E-state index contributed by atoms with van der Waals surface area (Å²) in [5.74, 6) is 0.569. The standard InChI is InChI=1S/C14H18FNO/c1-8(2)16-7-12-10(4)11-6-5-9(3)13(15)14(11)17-12/h5-6,8,16H,7H2,1-4H3. The van der Waals surface area contributed by atoms with Crippen LogP contribution in [0.2, 0.25) is 0 Å². The van der Waals surface area contributed by atoms with Crippen LogP contribution >= 0.6 is 0 Å². The molecule has 2 rings (SSSR count). The van der Waals surface area contributed by atoms with E-state index in [1.54, 1.807) is 13.0 Å². The van der Waals surface area contributed by atoms with Gasteiger partial charge >= 0.3 is 0 Å². The minimum atomic E-state index is -0.249. The van der Waals surface area contributed by atoms with E-state index in [0.29, 0.717) is 23.7 Å². The molecule has 0 radical (unpaired) electrons. The Labute approximate surface area is 101 Å². The van der Waals surface area contributed by atoms with Crippen LogP contribution in [0.3, 0.4) is 0 Å². The molecule has 0 fully saturated rings. The van der Waals surface area contributed by atoms with Crippen molar-refractivity contribution in [2.75, 3.05) is 0 Å². The van der Waals surface area contributed by atoms with Crippen LogP contribution in [0, 0.1) is 19.7 Å². The lowest BCUT2D eigenvalue weighted by atomic mass is 10.1. The molecule has 0 atom stereocenters. The van der Waals surface area contributed by atoms with Crippen LogP contribution in [0.1, 0.15) is 30.7 Å². The molecule has 0 aliphatic rings. The van der Waals surface area contributed by atoms with Gasteiger partial charge in [-0.3, -0.25) is 0 Å². The maximum absolute atomic E-state index is 13.9. The third kappa shape index (κ3) is 2.20. The van der Waals surface area contributed by atoms with Crippen LogP contribution < -0.4 is 5.32 Å². The van der Waals surface area contributed by atoms with Gasteiger partial charge < -0.3 is 9.73 Å². The van der Waals surface area contributed by atoms with E-state index in [4.69, 9.17) is 4.42 Å². The summed E-state index contributed by atoms with van der Waals surface area (Å²) in [4.78, 5) is 0. The molecule has 1 N–H and O–H groups in total. The summed E-state index contributed by atoms with van der Waals surface area (Å²) in [6, 6.07) is 4.10. The summed E-state index contributed by atoms with van der Waals surface area (Å²) in [6.45, 7) is 8.50. The van der Waals surface area contributed by atoms with Gasteiger partial charge in [-0.05, 0) is 25.0 Å². The smallest absolute Gasteiger partial charge is 0.170 e. The normalized spacial score (nSPS) is 11.6. The molecular formula is C14H18FNO. The fourth-order valence-electron chi connectivity index (χ4n) is 1.87. The molecule has 1 heterocycles. The van der Waals surface area contributed by atoms with Crippen LogP contribution in [-0.4, -0.2) is 6.04 Å². The number of aryl methyl sites for hydroxylation is 2. The third-order valence-electron chi connectivity index (χ3n) is 3.01. The van der Waals surface area contributed by atoms with E-state index in [1.165, 1.54) is 0 Å². The summed E-state index contributed by atoms with van der Waals surface area (Å²) in [5.41, 5.74) is 2.02. The van der Waals surface area contributed by atoms with Crippen LogP contribution in [0.15, 0.2) is 16.5 Å². The molecule has 1 aromatic carbocycles. The Bertz CT molecular complexity index is 543. The average Bonchev–Trinajstić information content (AvgIpc) is 2.59. The van der Waals surface area contributed by atoms with E-state index in [1.807, 2.05) is 13.0 Å². The molecule has 92 valence electrons. The highest BCUT2D eigenvalue weighted by atomic mass is 19.1. The summed E-state index contributed by atoms with van der Waals surface area (Å²) < 4.78 is 19.5. The second-order valence-corrected chi connectivity index (χ2v) is 4.76. The largest absolute Gasteiger partial charge is 0.456 e. The Kier molecular flexibility index (Phi) is 3.20. The second-order valence-electron chi connectivity index (χ2n) is 4.76. The predicted molar refractivity (Wildman–Crippen MR) is 67.6 cm³/mol. The van der Waals surface area contributed by atoms with Crippen LogP contribution in [0.25, 0.3) is 11.0 Å². The molecule has 1 aromatic heterocycles. The van der Waals surface area contributed by atoms with Crippen molar-refractivity contribution in [1.29, 1.82) is 0 Å². The number of benzene rings is 1. The van der Waals surface area contributed by atoms with E-state index in [2.05, 4.69) is 19.2 Å². The van der Waals surface area contributed by atoms with Gasteiger partial charge in [-0.2, -0.15) is 0 Å². The summed E-state index contributed by atoms with van der Waals surface area (Å²) >= 11 is 0. The van der Waals surface area contributed by atoms with Gasteiger partial charge in [-0.15, -0.1) is 0 Å². The molecule has 0 unspecified atom stereocenters. The zero-order valence-electron chi connectivity index (χ0n) is 10.7. The lowest BCUT2D eigenvalue weighted by Crippen LogP contribution is -2.21. The maximum Gasteiger partial charge on any atom is 0.170 e. The molecule has 2 aromatic rings. The van der Waals surface area contributed by atoms with Crippen molar-refractivity contribution in [1.82, 2.24) is 5.32 Å². The van der Waals surface area contributed by atoms with Gasteiger partial charge in [0, 0.05) is 11.4 Å². The van der Waals surface area contributed by atoms with E-state index >= 15 is 0 Å². The van der Waals surface area contributed by atoms with Crippen molar-refractivity contribution in [2.45, 2.75) is 40.3 Å². The molecule has 0 spiro atoms. The Morgan fingerprint density at radius 1 is 1.29 bits per heavy atom. The second kappa shape index (κ2) is 4.49. The fraction of sp³-hybridized carbons (Fsp3) is 0.429. The van der Waals surface area contributed by atoms with E-state index in [9.17, 15) is 4.39 Å². The Morgan fingerprint density at radius 2 is 2.00 bits per heavy atom. The van der Waals surface area contributed by atoms with Crippen LogP contribution in [0.4, 0.5) is 4.39 Å². The van der Waals surface area contributed by atoms with Gasteiger partial charge in [-0.1, -0.05) is 26.0 Å². The molecule has 3 heteroatoms. The summed E-state index contributed by atoms with van der Waals surface area (Å²) in [5, 5.41) is 4.15. The summed E-state index contributed by atoms with van der Waals surface area (Å²) in [7, 11) is 0. The van der Waals surface area contributed by atoms with Gasteiger partial charge in [0.05, 0.1) is 6.54 Å². The molecular weight excluding hydrogens is 217 g/mol. The average molecular weight is 235 g/mol. The fourth-order valence-corrected chi connectivity index (χ4v) is 1.87.